The highest BCUT2D eigenvalue weighted by atomic mass is 32.2. The minimum atomic E-state index is 0.661. The number of thioether (sulfide) groups is 1. The SMILES string of the molecule is CSc1cc(N)cnn1. The summed E-state index contributed by atoms with van der Waals surface area (Å²) in [5.41, 5.74) is 6.08. The summed E-state index contributed by atoms with van der Waals surface area (Å²) in [6.07, 6.45) is 3.46. The fourth-order valence-electron chi connectivity index (χ4n) is 0.461. The first-order valence-corrected chi connectivity index (χ1v) is 3.67. The van der Waals surface area contributed by atoms with Crippen LogP contribution in [0.2, 0.25) is 0 Å². The molecule has 0 aromatic carbocycles. The molecule has 0 amide bonds. The summed E-state index contributed by atoms with van der Waals surface area (Å²) in [5.74, 6) is 0. The highest BCUT2D eigenvalue weighted by Crippen LogP contribution is 2.11. The highest BCUT2D eigenvalue weighted by molar-refractivity contribution is 7.98. The molecule has 1 heterocycles. The number of nitrogens with zero attached hydrogens (tertiary/aromatic N) is 2. The number of hydrogen-bond donors (Lipinski definition) is 1. The Labute approximate surface area is 57.7 Å². The lowest BCUT2D eigenvalue weighted by Gasteiger charge is -1.92. The second kappa shape index (κ2) is 2.68. The van der Waals surface area contributed by atoms with E-state index in [1.165, 1.54) is 18.0 Å². The molecule has 0 spiro atoms. The molecule has 0 unspecified atom stereocenters. The molecular formula is C5H7N3S. The van der Waals surface area contributed by atoms with Crippen LogP contribution >= 0.6 is 11.8 Å². The van der Waals surface area contributed by atoms with Gasteiger partial charge < -0.3 is 5.73 Å². The van der Waals surface area contributed by atoms with Gasteiger partial charge in [-0.25, -0.2) is 0 Å². The summed E-state index contributed by atoms with van der Waals surface area (Å²) < 4.78 is 0. The van der Waals surface area contributed by atoms with Crippen LogP contribution in [0.3, 0.4) is 0 Å². The maximum absolute atomic E-state index is 5.42. The number of hydrogen-bond acceptors (Lipinski definition) is 4. The Hall–Kier alpha value is -0.770. The predicted molar refractivity (Wildman–Crippen MR) is 38.2 cm³/mol. The largest absolute Gasteiger partial charge is 0.397 e. The first kappa shape index (κ1) is 6.35. The third-order valence-electron chi connectivity index (χ3n) is 0.862. The molecule has 0 fully saturated rings. The van der Waals surface area contributed by atoms with E-state index in [9.17, 15) is 0 Å². The fourth-order valence-corrected chi connectivity index (χ4v) is 0.844. The fraction of sp³-hybridized carbons (Fsp3) is 0.200. The van der Waals surface area contributed by atoms with E-state index in [0.29, 0.717) is 5.69 Å². The summed E-state index contributed by atoms with van der Waals surface area (Å²) in [5, 5.41) is 8.31. The lowest BCUT2D eigenvalue weighted by molar-refractivity contribution is 0.935. The van der Waals surface area contributed by atoms with E-state index in [2.05, 4.69) is 10.2 Å². The second-order valence-electron chi connectivity index (χ2n) is 1.53. The van der Waals surface area contributed by atoms with Gasteiger partial charge in [0.1, 0.15) is 5.03 Å². The Morgan fingerprint density at radius 1 is 1.67 bits per heavy atom. The lowest BCUT2D eigenvalue weighted by Crippen LogP contribution is -1.89. The van der Waals surface area contributed by atoms with Gasteiger partial charge in [0.25, 0.3) is 0 Å². The smallest absolute Gasteiger partial charge is 0.121 e. The van der Waals surface area contributed by atoms with E-state index >= 15 is 0 Å². The van der Waals surface area contributed by atoms with E-state index in [0.717, 1.165) is 5.03 Å². The van der Waals surface area contributed by atoms with Crippen LogP contribution in [0.5, 0.6) is 0 Å². The van der Waals surface area contributed by atoms with Crippen molar-refractivity contribution in [1.29, 1.82) is 0 Å². The Balaban J connectivity index is 2.94. The highest BCUT2D eigenvalue weighted by Gasteiger charge is 1.90. The second-order valence-corrected chi connectivity index (χ2v) is 2.36. The predicted octanol–water partition coefficient (Wildman–Crippen LogP) is 0.781. The van der Waals surface area contributed by atoms with E-state index in [-0.39, 0.29) is 0 Å². The van der Waals surface area contributed by atoms with Gasteiger partial charge in [0, 0.05) is 0 Å². The molecule has 4 heteroatoms. The molecule has 2 N–H and O–H groups in total. The summed E-state index contributed by atoms with van der Waals surface area (Å²) in [6.45, 7) is 0. The molecule has 1 aromatic heterocycles. The number of nitrogen functional groups attached to an aromatic ring is 1. The van der Waals surface area contributed by atoms with Crippen molar-refractivity contribution in [3.8, 4) is 0 Å². The molecule has 1 aromatic rings. The Morgan fingerprint density at radius 2 is 2.44 bits per heavy atom. The molecule has 0 radical (unpaired) electrons. The molecule has 0 aliphatic heterocycles. The van der Waals surface area contributed by atoms with Crippen LogP contribution in [0.25, 0.3) is 0 Å². The average Bonchev–Trinajstić information content (AvgIpc) is 1.88. The van der Waals surface area contributed by atoms with Gasteiger partial charge in [-0.2, -0.15) is 5.10 Å². The summed E-state index contributed by atoms with van der Waals surface area (Å²) in [6, 6.07) is 1.79. The molecule has 0 aliphatic carbocycles. The van der Waals surface area contributed by atoms with Gasteiger partial charge in [-0.05, 0) is 12.3 Å². The third kappa shape index (κ3) is 1.57. The first-order chi connectivity index (χ1) is 4.33. The van der Waals surface area contributed by atoms with Gasteiger partial charge >= 0.3 is 0 Å². The number of anilines is 1. The van der Waals surface area contributed by atoms with Crippen molar-refractivity contribution in [1.82, 2.24) is 10.2 Å². The lowest BCUT2D eigenvalue weighted by atomic mass is 10.5. The standard InChI is InChI=1S/C5H7N3S/c1-9-5-2-4(6)3-7-8-5/h2-3H,1H3,(H2,6,8). The zero-order chi connectivity index (χ0) is 6.69. The molecule has 9 heavy (non-hydrogen) atoms. The Kier molecular flexibility index (Phi) is 1.89. The van der Waals surface area contributed by atoms with Crippen LogP contribution in [0.1, 0.15) is 0 Å². The zero-order valence-corrected chi connectivity index (χ0v) is 5.85. The minimum absolute atomic E-state index is 0.661. The van der Waals surface area contributed by atoms with Crippen molar-refractivity contribution >= 4 is 17.4 Å². The summed E-state index contributed by atoms with van der Waals surface area (Å²) in [4.78, 5) is 0. The van der Waals surface area contributed by atoms with Crippen molar-refractivity contribution in [3.05, 3.63) is 12.3 Å². The number of nitrogens with two attached hydrogens (primary N) is 1. The van der Waals surface area contributed by atoms with Crippen molar-refractivity contribution in [2.45, 2.75) is 5.03 Å². The van der Waals surface area contributed by atoms with Crippen molar-refractivity contribution in [2.75, 3.05) is 12.0 Å². The van der Waals surface area contributed by atoms with E-state index in [4.69, 9.17) is 5.73 Å². The van der Waals surface area contributed by atoms with Crippen LogP contribution in [0.4, 0.5) is 5.69 Å². The molecule has 0 aliphatic rings. The number of rotatable bonds is 1. The van der Waals surface area contributed by atoms with Gasteiger partial charge in [0.05, 0.1) is 11.9 Å². The molecule has 48 valence electrons. The van der Waals surface area contributed by atoms with Gasteiger partial charge in [0.2, 0.25) is 0 Å². The molecule has 0 saturated carbocycles. The van der Waals surface area contributed by atoms with Gasteiger partial charge in [0.15, 0.2) is 0 Å². The Morgan fingerprint density at radius 3 is 2.89 bits per heavy atom. The van der Waals surface area contributed by atoms with Gasteiger partial charge in [-0.15, -0.1) is 16.9 Å². The molecule has 0 bridgehead atoms. The van der Waals surface area contributed by atoms with Crippen molar-refractivity contribution in [2.24, 2.45) is 0 Å². The van der Waals surface area contributed by atoms with Crippen LogP contribution in [-0.4, -0.2) is 16.5 Å². The van der Waals surface area contributed by atoms with E-state index < -0.39 is 0 Å². The van der Waals surface area contributed by atoms with Gasteiger partial charge in [-0.3, -0.25) is 0 Å². The normalized spacial score (nSPS) is 9.44. The first-order valence-electron chi connectivity index (χ1n) is 2.45. The van der Waals surface area contributed by atoms with Gasteiger partial charge in [-0.1, -0.05) is 0 Å². The van der Waals surface area contributed by atoms with Crippen LogP contribution < -0.4 is 5.73 Å². The van der Waals surface area contributed by atoms with Crippen LogP contribution in [0.15, 0.2) is 17.3 Å². The minimum Gasteiger partial charge on any atom is -0.397 e. The zero-order valence-electron chi connectivity index (χ0n) is 5.03. The Bertz CT molecular complexity index is 201. The van der Waals surface area contributed by atoms with Crippen LogP contribution in [-0.2, 0) is 0 Å². The third-order valence-corrected chi connectivity index (χ3v) is 1.48. The topological polar surface area (TPSA) is 51.8 Å². The monoisotopic (exact) mass is 141 g/mol. The maximum Gasteiger partial charge on any atom is 0.121 e. The van der Waals surface area contributed by atoms with E-state index in [1.807, 2.05) is 6.26 Å². The molecule has 0 atom stereocenters. The van der Waals surface area contributed by atoms with Crippen molar-refractivity contribution < 1.29 is 0 Å². The maximum atomic E-state index is 5.42. The summed E-state index contributed by atoms with van der Waals surface area (Å²) >= 11 is 1.53. The average molecular weight is 141 g/mol. The number of aromatic nitrogens is 2. The van der Waals surface area contributed by atoms with Crippen molar-refractivity contribution in [3.63, 3.8) is 0 Å². The van der Waals surface area contributed by atoms with Crippen LogP contribution in [0, 0.1) is 0 Å². The summed E-state index contributed by atoms with van der Waals surface area (Å²) in [7, 11) is 0. The quantitative estimate of drug-likeness (QED) is 0.587. The van der Waals surface area contributed by atoms with E-state index in [1.54, 1.807) is 6.07 Å². The molecule has 0 saturated heterocycles. The molecule has 1 rings (SSSR count). The molecule has 3 nitrogen and oxygen atoms in total. The molecular weight excluding hydrogens is 134 g/mol.